The van der Waals surface area contributed by atoms with Crippen LogP contribution in [-0.2, 0) is 4.74 Å². The summed E-state index contributed by atoms with van der Waals surface area (Å²) in [4.78, 5) is 12.1. The molecule has 3 heteroatoms. The summed E-state index contributed by atoms with van der Waals surface area (Å²) in [6.07, 6.45) is 12.4. The fourth-order valence-electron chi connectivity index (χ4n) is 2.66. The molecule has 2 nitrogen and oxygen atoms in total. The fourth-order valence-corrected chi connectivity index (χ4v) is 2.92. The van der Waals surface area contributed by atoms with Gasteiger partial charge < -0.3 is 4.74 Å². The molecule has 1 unspecified atom stereocenters. The van der Waals surface area contributed by atoms with Crippen LogP contribution in [-0.4, -0.2) is 12.1 Å². The van der Waals surface area contributed by atoms with Crippen LogP contribution in [0.3, 0.4) is 0 Å². The molecule has 0 aliphatic carbocycles. The van der Waals surface area contributed by atoms with E-state index in [1.165, 1.54) is 44.9 Å². The smallest absolute Gasteiger partial charge is 0.338 e. The van der Waals surface area contributed by atoms with Crippen LogP contribution >= 0.6 is 15.9 Å². The molecule has 0 heterocycles. The zero-order chi connectivity index (χ0) is 16.9. The van der Waals surface area contributed by atoms with Crippen LogP contribution in [0.2, 0.25) is 0 Å². The molecule has 130 valence electrons. The number of ether oxygens (including phenoxy) is 1. The largest absolute Gasteiger partial charge is 0.459 e. The highest BCUT2D eigenvalue weighted by Gasteiger charge is 2.14. The van der Waals surface area contributed by atoms with Gasteiger partial charge in [0.05, 0.1) is 5.56 Å². The molecule has 23 heavy (non-hydrogen) atoms. The van der Waals surface area contributed by atoms with Crippen LogP contribution in [0.25, 0.3) is 0 Å². The Labute approximate surface area is 150 Å². The first-order valence-corrected chi connectivity index (χ1v) is 9.93. The minimum absolute atomic E-state index is 0.0474. The molecule has 1 rings (SSSR count). The third-order valence-corrected chi connectivity index (χ3v) is 4.72. The van der Waals surface area contributed by atoms with Gasteiger partial charge in [-0.05, 0) is 43.5 Å². The molecule has 0 N–H and O–H groups in total. The maximum Gasteiger partial charge on any atom is 0.338 e. The Morgan fingerprint density at radius 2 is 1.52 bits per heavy atom. The molecule has 0 spiro atoms. The average Bonchev–Trinajstić information content (AvgIpc) is 2.56. The van der Waals surface area contributed by atoms with Gasteiger partial charge in [0, 0.05) is 4.47 Å². The summed E-state index contributed by atoms with van der Waals surface area (Å²) >= 11 is 3.38. The third-order valence-electron chi connectivity index (χ3n) is 4.19. The van der Waals surface area contributed by atoms with Gasteiger partial charge in [-0.2, -0.15) is 0 Å². The van der Waals surface area contributed by atoms with Gasteiger partial charge in [-0.15, -0.1) is 0 Å². The molecule has 0 amide bonds. The second kappa shape index (κ2) is 12.6. The van der Waals surface area contributed by atoms with Gasteiger partial charge >= 0.3 is 5.97 Å². The molecule has 0 saturated heterocycles. The van der Waals surface area contributed by atoms with E-state index in [2.05, 4.69) is 29.8 Å². The first-order chi connectivity index (χ1) is 11.2. The van der Waals surface area contributed by atoms with Gasteiger partial charge in [-0.3, -0.25) is 0 Å². The number of rotatable bonds is 12. The topological polar surface area (TPSA) is 26.3 Å². The van der Waals surface area contributed by atoms with Crippen LogP contribution < -0.4 is 0 Å². The molecule has 1 aromatic carbocycles. The van der Waals surface area contributed by atoms with Crippen molar-refractivity contribution in [1.82, 2.24) is 0 Å². The van der Waals surface area contributed by atoms with Crippen molar-refractivity contribution in [3.63, 3.8) is 0 Å². The van der Waals surface area contributed by atoms with E-state index in [-0.39, 0.29) is 12.1 Å². The van der Waals surface area contributed by atoms with Gasteiger partial charge in [0.1, 0.15) is 6.10 Å². The SMILES string of the molecule is CCCCCCCCCCC(CC)OC(=O)c1ccc(Br)cc1. The molecular formula is C20H31BrO2. The normalized spacial score (nSPS) is 12.1. The van der Waals surface area contributed by atoms with E-state index in [1.807, 2.05) is 12.1 Å². The van der Waals surface area contributed by atoms with E-state index >= 15 is 0 Å². The summed E-state index contributed by atoms with van der Waals surface area (Å²) in [7, 11) is 0. The van der Waals surface area contributed by atoms with Gasteiger partial charge in [-0.25, -0.2) is 4.79 Å². The number of carbonyl (C=O) groups excluding carboxylic acids is 1. The average molecular weight is 383 g/mol. The first kappa shape index (κ1) is 20.2. The molecule has 1 atom stereocenters. The van der Waals surface area contributed by atoms with Crippen LogP contribution in [0, 0.1) is 0 Å². The quantitative estimate of drug-likeness (QED) is 0.289. The highest BCUT2D eigenvalue weighted by Crippen LogP contribution is 2.16. The lowest BCUT2D eigenvalue weighted by Gasteiger charge is -2.16. The Morgan fingerprint density at radius 3 is 2.09 bits per heavy atom. The molecule has 0 fully saturated rings. The molecule has 0 radical (unpaired) electrons. The van der Waals surface area contributed by atoms with E-state index < -0.39 is 0 Å². The lowest BCUT2D eigenvalue weighted by Crippen LogP contribution is -2.17. The summed E-state index contributed by atoms with van der Waals surface area (Å²) < 4.78 is 6.60. The Kier molecular flexibility index (Phi) is 11.1. The van der Waals surface area contributed by atoms with Gasteiger partial charge in [0.25, 0.3) is 0 Å². The Balaban J connectivity index is 2.18. The molecule has 0 aliphatic rings. The molecule has 0 bridgehead atoms. The highest BCUT2D eigenvalue weighted by molar-refractivity contribution is 9.10. The predicted octanol–water partition coefficient (Wildman–Crippen LogP) is 6.92. The monoisotopic (exact) mass is 382 g/mol. The minimum Gasteiger partial charge on any atom is -0.459 e. The van der Waals surface area contributed by atoms with E-state index in [4.69, 9.17) is 4.74 Å². The van der Waals surface area contributed by atoms with E-state index in [9.17, 15) is 4.79 Å². The van der Waals surface area contributed by atoms with Crippen molar-refractivity contribution in [2.75, 3.05) is 0 Å². The lowest BCUT2D eigenvalue weighted by atomic mass is 10.0. The first-order valence-electron chi connectivity index (χ1n) is 9.14. The van der Waals surface area contributed by atoms with Crippen molar-refractivity contribution in [3.05, 3.63) is 34.3 Å². The van der Waals surface area contributed by atoms with Crippen molar-refractivity contribution in [3.8, 4) is 0 Å². The number of unbranched alkanes of at least 4 members (excludes halogenated alkanes) is 7. The number of halogens is 1. The van der Waals surface area contributed by atoms with Crippen LogP contribution in [0.5, 0.6) is 0 Å². The van der Waals surface area contributed by atoms with E-state index in [1.54, 1.807) is 12.1 Å². The van der Waals surface area contributed by atoms with Crippen molar-refractivity contribution in [2.45, 2.75) is 84.2 Å². The number of carbonyl (C=O) groups is 1. The highest BCUT2D eigenvalue weighted by atomic mass is 79.9. The molecule has 1 aromatic rings. The number of hydrogen-bond donors (Lipinski definition) is 0. The number of esters is 1. The molecule has 0 aliphatic heterocycles. The second-order valence-electron chi connectivity index (χ2n) is 6.21. The second-order valence-corrected chi connectivity index (χ2v) is 7.12. The minimum atomic E-state index is -0.205. The third kappa shape index (κ3) is 9.14. The van der Waals surface area contributed by atoms with E-state index in [0.717, 1.165) is 23.7 Å². The molecular weight excluding hydrogens is 352 g/mol. The predicted molar refractivity (Wildman–Crippen MR) is 101 cm³/mol. The van der Waals surface area contributed by atoms with E-state index in [0.29, 0.717) is 5.56 Å². The summed E-state index contributed by atoms with van der Waals surface area (Å²) in [5.74, 6) is -0.205. The number of benzene rings is 1. The maximum absolute atomic E-state index is 12.1. The lowest BCUT2D eigenvalue weighted by molar-refractivity contribution is 0.0267. The fraction of sp³-hybridized carbons (Fsp3) is 0.650. The van der Waals surface area contributed by atoms with Gasteiger partial charge in [0.15, 0.2) is 0 Å². The van der Waals surface area contributed by atoms with Crippen LogP contribution in [0.15, 0.2) is 28.7 Å². The van der Waals surface area contributed by atoms with Gasteiger partial charge in [0.2, 0.25) is 0 Å². The molecule has 0 aromatic heterocycles. The van der Waals surface area contributed by atoms with Crippen molar-refractivity contribution >= 4 is 21.9 Å². The van der Waals surface area contributed by atoms with Crippen molar-refractivity contribution in [1.29, 1.82) is 0 Å². The summed E-state index contributed by atoms with van der Waals surface area (Å²) in [5.41, 5.74) is 0.627. The standard InChI is InChI=1S/C20H31BrO2/c1-3-5-6-7-8-9-10-11-12-19(4-2)23-20(22)17-13-15-18(21)16-14-17/h13-16,19H,3-12H2,1-2H3. The summed E-state index contributed by atoms with van der Waals surface area (Å²) in [5, 5.41) is 0. The van der Waals surface area contributed by atoms with Crippen molar-refractivity contribution in [2.24, 2.45) is 0 Å². The summed E-state index contributed by atoms with van der Waals surface area (Å²) in [6, 6.07) is 7.34. The number of hydrogen-bond acceptors (Lipinski definition) is 2. The zero-order valence-corrected chi connectivity index (χ0v) is 16.2. The van der Waals surface area contributed by atoms with Crippen LogP contribution in [0.1, 0.15) is 88.4 Å². The molecule has 0 saturated carbocycles. The summed E-state index contributed by atoms with van der Waals surface area (Å²) in [6.45, 7) is 4.34. The van der Waals surface area contributed by atoms with Gasteiger partial charge in [-0.1, -0.05) is 74.7 Å². The maximum atomic E-state index is 12.1. The Hall–Kier alpha value is -0.830. The Bertz CT molecular complexity index is 428. The van der Waals surface area contributed by atoms with Crippen molar-refractivity contribution < 1.29 is 9.53 Å². The Morgan fingerprint density at radius 1 is 0.957 bits per heavy atom. The zero-order valence-electron chi connectivity index (χ0n) is 14.7. The van der Waals surface area contributed by atoms with Crippen LogP contribution in [0.4, 0.5) is 0 Å².